The van der Waals surface area contributed by atoms with Gasteiger partial charge in [0.2, 0.25) is 0 Å². The molecule has 6 aromatic carbocycles. The summed E-state index contributed by atoms with van der Waals surface area (Å²) in [6.45, 7) is 7.85. The van der Waals surface area contributed by atoms with Crippen molar-refractivity contribution in [2.45, 2.75) is 27.7 Å². The van der Waals surface area contributed by atoms with Crippen molar-refractivity contribution in [2.24, 2.45) is 20.5 Å². The average Bonchev–Trinajstić information content (AvgIpc) is 3.00. The van der Waals surface area contributed by atoms with Crippen molar-refractivity contribution in [1.82, 2.24) is 0 Å². The van der Waals surface area contributed by atoms with Gasteiger partial charge in [-0.25, -0.2) is 0 Å². The third-order valence-electron chi connectivity index (χ3n) is 7.03. The summed E-state index contributed by atoms with van der Waals surface area (Å²) in [7, 11) is 0. The molecule has 0 unspecified atom stereocenters. The molecule has 0 bridgehead atoms. The number of rotatable bonds is 4. The van der Waals surface area contributed by atoms with Gasteiger partial charge < -0.3 is 20.4 Å². The van der Waals surface area contributed by atoms with Crippen LogP contribution in [-0.4, -0.2) is 20.4 Å². The smallest absolute Gasteiger partial charge is 0.143 e. The quantitative estimate of drug-likeness (QED) is 0.113. The summed E-state index contributed by atoms with van der Waals surface area (Å²) in [5.41, 5.74) is 5.78. The fraction of sp³-hybridized carbons (Fsp3) is 0.111. The Morgan fingerprint density at radius 1 is 0.378 bits per heavy atom. The Morgan fingerprint density at radius 3 is 1.11 bits per heavy atom. The zero-order chi connectivity index (χ0) is 31.4. The van der Waals surface area contributed by atoms with Crippen LogP contribution in [0.5, 0.6) is 23.0 Å². The second-order valence-corrected chi connectivity index (χ2v) is 10.7. The number of aryl methyl sites for hydroxylation is 4. The molecule has 0 amide bonds. The summed E-state index contributed by atoms with van der Waals surface area (Å²) in [5, 5.41) is 59.8. The number of nitrogens with zero attached hydrogens (tertiary/aromatic N) is 4. The molecule has 228 valence electrons. The van der Waals surface area contributed by atoms with Crippen LogP contribution < -0.4 is 0 Å². The predicted octanol–water partition coefficient (Wildman–Crippen LogP) is 10.6. The Bertz CT molecular complexity index is 1930. The molecule has 0 saturated carbocycles. The number of hydrogen-bond acceptors (Lipinski definition) is 8. The molecule has 0 saturated heterocycles. The second kappa shape index (κ2) is 14.0. The number of fused-ring (bicyclic) bond motifs is 2. The second-order valence-electron chi connectivity index (χ2n) is 10.7. The largest absolute Gasteiger partial charge is 0.506 e. The summed E-state index contributed by atoms with van der Waals surface area (Å²) in [6, 6.07) is 28.9. The van der Waals surface area contributed by atoms with Crippen LogP contribution in [0.3, 0.4) is 0 Å². The molecule has 0 aliphatic carbocycles. The summed E-state index contributed by atoms with van der Waals surface area (Å²) in [6.07, 6.45) is 0. The third-order valence-corrected chi connectivity index (χ3v) is 7.03. The first-order chi connectivity index (χ1) is 21.1. The Balaban J connectivity index is 0.000000200. The van der Waals surface area contributed by atoms with Gasteiger partial charge in [0.25, 0.3) is 0 Å². The van der Waals surface area contributed by atoms with E-state index in [2.05, 4.69) is 20.5 Å². The van der Waals surface area contributed by atoms with E-state index >= 15 is 0 Å². The average molecular weight is 641 g/mol. The number of benzene rings is 6. The van der Waals surface area contributed by atoms with Crippen molar-refractivity contribution in [3.8, 4) is 23.0 Å². The van der Waals surface area contributed by atoms with Gasteiger partial charge in [0, 0.05) is 27.8 Å². The standard InChI is InChI=1S/2C18H16N2O2.Fe/c2*1-11-3-6-14-13(9-11)5-8-17(22)18(14)20-19-15-10-12(2)4-7-16(15)21;/h2*3-10,21-22H,1-2H3;. The van der Waals surface area contributed by atoms with E-state index in [4.69, 9.17) is 0 Å². The van der Waals surface area contributed by atoms with Crippen LogP contribution in [0.2, 0.25) is 0 Å². The molecule has 45 heavy (non-hydrogen) atoms. The van der Waals surface area contributed by atoms with Gasteiger partial charge in [-0.1, -0.05) is 71.8 Å². The topological polar surface area (TPSA) is 130 Å². The molecule has 0 radical (unpaired) electrons. The molecular formula is C36H32FeN4O4. The van der Waals surface area contributed by atoms with Crippen LogP contribution in [-0.2, 0) is 17.1 Å². The maximum absolute atomic E-state index is 10.1. The van der Waals surface area contributed by atoms with Crippen molar-refractivity contribution in [3.05, 3.63) is 119 Å². The zero-order valence-corrected chi connectivity index (χ0v) is 26.3. The number of hydrogen-bond donors (Lipinski definition) is 4. The molecule has 0 spiro atoms. The number of phenolic OH excluding ortho intramolecular Hbond substituents is 4. The summed E-state index contributed by atoms with van der Waals surface area (Å²) >= 11 is 0. The molecule has 8 nitrogen and oxygen atoms in total. The maximum Gasteiger partial charge on any atom is 0.143 e. The molecule has 6 aromatic rings. The zero-order valence-electron chi connectivity index (χ0n) is 25.2. The van der Waals surface area contributed by atoms with Gasteiger partial charge >= 0.3 is 0 Å². The van der Waals surface area contributed by atoms with Crippen molar-refractivity contribution in [2.75, 3.05) is 0 Å². The normalized spacial score (nSPS) is 11.1. The first-order valence-electron chi connectivity index (χ1n) is 14.0. The molecule has 9 heteroatoms. The van der Waals surface area contributed by atoms with Crippen LogP contribution >= 0.6 is 0 Å². The predicted molar refractivity (Wildman–Crippen MR) is 175 cm³/mol. The fourth-order valence-electron chi connectivity index (χ4n) is 4.69. The minimum absolute atomic E-state index is 0. The third kappa shape index (κ3) is 7.65. The Labute approximate surface area is 271 Å². The van der Waals surface area contributed by atoms with Gasteiger partial charge in [0.15, 0.2) is 0 Å². The number of azo groups is 2. The van der Waals surface area contributed by atoms with Gasteiger partial charge in [-0.15, -0.1) is 20.5 Å². The van der Waals surface area contributed by atoms with Gasteiger partial charge in [0.05, 0.1) is 0 Å². The van der Waals surface area contributed by atoms with Crippen molar-refractivity contribution in [3.63, 3.8) is 0 Å². The van der Waals surface area contributed by atoms with E-state index in [1.165, 1.54) is 0 Å². The van der Waals surface area contributed by atoms with Crippen LogP contribution in [0.1, 0.15) is 22.3 Å². The number of phenols is 4. The van der Waals surface area contributed by atoms with E-state index in [1.54, 1.807) is 48.5 Å². The summed E-state index contributed by atoms with van der Waals surface area (Å²) < 4.78 is 0. The molecule has 0 fully saturated rings. The molecule has 0 aliphatic heterocycles. The van der Waals surface area contributed by atoms with E-state index in [0.717, 1.165) is 43.8 Å². The van der Waals surface area contributed by atoms with Crippen LogP contribution in [0.25, 0.3) is 21.5 Å². The van der Waals surface area contributed by atoms with Gasteiger partial charge in [-0.05, 0) is 86.0 Å². The van der Waals surface area contributed by atoms with Crippen LogP contribution in [0.4, 0.5) is 22.7 Å². The van der Waals surface area contributed by atoms with Crippen molar-refractivity contribution >= 4 is 44.3 Å². The van der Waals surface area contributed by atoms with E-state index < -0.39 is 0 Å². The fourth-order valence-corrected chi connectivity index (χ4v) is 4.69. The SMILES string of the molecule is Cc1ccc(O)c(N=Nc2c(O)ccc3cc(C)ccc23)c1.Cc1ccc(O)c(N=Nc2c(O)ccc3cc(C)ccc23)c1.[Fe]. The van der Waals surface area contributed by atoms with Gasteiger partial charge in [0.1, 0.15) is 45.7 Å². The summed E-state index contributed by atoms with van der Waals surface area (Å²) in [4.78, 5) is 0. The Hall–Kier alpha value is -5.24. The molecule has 0 aliphatic rings. The number of aromatic hydroxyl groups is 4. The molecular weight excluding hydrogens is 608 g/mol. The molecule has 4 N–H and O–H groups in total. The molecule has 6 rings (SSSR count). The van der Waals surface area contributed by atoms with Crippen LogP contribution in [0.15, 0.2) is 118 Å². The molecule has 0 aromatic heterocycles. The van der Waals surface area contributed by atoms with Gasteiger partial charge in [-0.2, -0.15) is 0 Å². The first kappa shape index (κ1) is 32.7. The van der Waals surface area contributed by atoms with Crippen molar-refractivity contribution in [1.29, 1.82) is 0 Å². The van der Waals surface area contributed by atoms with Gasteiger partial charge in [-0.3, -0.25) is 0 Å². The van der Waals surface area contributed by atoms with Crippen molar-refractivity contribution < 1.29 is 37.5 Å². The first-order valence-corrected chi connectivity index (χ1v) is 14.0. The summed E-state index contributed by atoms with van der Waals surface area (Å²) in [5.74, 6) is 0.245. The Kier molecular flexibility index (Phi) is 10.2. The minimum atomic E-state index is 0. The van der Waals surface area contributed by atoms with E-state index in [0.29, 0.717) is 22.7 Å². The van der Waals surface area contributed by atoms with E-state index in [-0.39, 0.29) is 40.1 Å². The maximum atomic E-state index is 10.1. The Morgan fingerprint density at radius 2 is 0.711 bits per heavy atom. The van der Waals surface area contributed by atoms with E-state index in [1.807, 2.05) is 76.2 Å². The minimum Gasteiger partial charge on any atom is -0.506 e. The van der Waals surface area contributed by atoms with E-state index in [9.17, 15) is 20.4 Å². The van der Waals surface area contributed by atoms with Crippen LogP contribution in [0, 0.1) is 27.7 Å². The molecule has 0 heterocycles. The molecule has 0 atom stereocenters. The monoisotopic (exact) mass is 640 g/mol.